The third kappa shape index (κ3) is 3.45. The lowest BCUT2D eigenvalue weighted by molar-refractivity contribution is 0.0600. The molecule has 0 amide bonds. The molecule has 2 aromatic rings. The van der Waals surface area contributed by atoms with Gasteiger partial charge in [-0.25, -0.2) is 14.8 Å². The number of esters is 1. The van der Waals surface area contributed by atoms with E-state index in [2.05, 4.69) is 14.7 Å². The number of ether oxygens (including phenoxy) is 2. The van der Waals surface area contributed by atoms with Gasteiger partial charge >= 0.3 is 5.97 Å². The predicted octanol–water partition coefficient (Wildman–Crippen LogP) is 2.78. The SMILES string of the molecule is COC(=O)c1ccc(Oc2cc(SC)ncn2)cc1. The van der Waals surface area contributed by atoms with E-state index in [4.69, 9.17) is 4.74 Å². The molecule has 0 saturated heterocycles. The number of thioether (sulfide) groups is 1. The molecular formula is C13H12N2O3S. The zero-order chi connectivity index (χ0) is 13.7. The first kappa shape index (κ1) is 13.4. The molecule has 1 heterocycles. The van der Waals surface area contributed by atoms with Gasteiger partial charge in [-0.2, -0.15) is 0 Å². The Bertz CT molecular complexity index is 572. The molecule has 0 atom stereocenters. The molecule has 0 aliphatic carbocycles. The third-order valence-corrected chi connectivity index (χ3v) is 2.97. The molecule has 0 aliphatic heterocycles. The van der Waals surface area contributed by atoms with E-state index in [9.17, 15) is 4.79 Å². The fourth-order valence-corrected chi connectivity index (χ4v) is 1.76. The molecule has 0 unspecified atom stereocenters. The molecule has 0 fully saturated rings. The van der Waals surface area contributed by atoms with Gasteiger partial charge in [-0.3, -0.25) is 0 Å². The first-order valence-corrected chi connectivity index (χ1v) is 6.67. The minimum absolute atomic E-state index is 0.377. The summed E-state index contributed by atoms with van der Waals surface area (Å²) >= 11 is 1.51. The number of hydrogen-bond donors (Lipinski definition) is 0. The number of rotatable bonds is 4. The highest BCUT2D eigenvalue weighted by Crippen LogP contribution is 2.22. The molecule has 2 rings (SSSR count). The maximum atomic E-state index is 11.3. The van der Waals surface area contributed by atoms with E-state index in [1.54, 1.807) is 30.3 Å². The molecule has 0 radical (unpaired) electrons. The molecule has 0 bridgehead atoms. The summed E-state index contributed by atoms with van der Waals surface area (Å²) in [5.41, 5.74) is 0.474. The molecule has 1 aromatic carbocycles. The second-order valence-corrected chi connectivity index (χ2v) is 4.34. The number of nitrogens with zero attached hydrogens (tertiary/aromatic N) is 2. The summed E-state index contributed by atoms with van der Waals surface area (Å²) in [6, 6.07) is 8.40. The Hall–Kier alpha value is -2.08. The summed E-state index contributed by atoms with van der Waals surface area (Å²) in [4.78, 5) is 19.4. The van der Waals surface area contributed by atoms with Gasteiger partial charge in [0.15, 0.2) is 0 Å². The lowest BCUT2D eigenvalue weighted by atomic mass is 10.2. The van der Waals surface area contributed by atoms with Crippen molar-refractivity contribution in [1.82, 2.24) is 9.97 Å². The van der Waals surface area contributed by atoms with Gasteiger partial charge in [0.25, 0.3) is 0 Å². The van der Waals surface area contributed by atoms with Crippen molar-refractivity contribution in [1.29, 1.82) is 0 Å². The van der Waals surface area contributed by atoms with E-state index in [1.165, 1.54) is 25.2 Å². The van der Waals surface area contributed by atoms with Crippen molar-refractivity contribution in [2.75, 3.05) is 13.4 Å². The Kier molecular flexibility index (Phi) is 4.35. The lowest BCUT2D eigenvalue weighted by Crippen LogP contribution is -2.00. The minimum Gasteiger partial charge on any atom is -0.465 e. The fourth-order valence-electron chi connectivity index (χ4n) is 1.39. The van der Waals surface area contributed by atoms with Crippen LogP contribution >= 0.6 is 11.8 Å². The molecule has 0 aliphatic rings. The van der Waals surface area contributed by atoms with E-state index in [-0.39, 0.29) is 5.97 Å². The van der Waals surface area contributed by atoms with Crippen LogP contribution < -0.4 is 4.74 Å². The largest absolute Gasteiger partial charge is 0.465 e. The summed E-state index contributed by atoms with van der Waals surface area (Å²) in [6.45, 7) is 0. The van der Waals surface area contributed by atoms with Crippen molar-refractivity contribution in [2.24, 2.45) is 0 Å². The van der Waals surface area contributed by atoms with E-state index in [1.807, 2.05) is 6.26 Å². The number of aromatic nitrogens is 2. The molecule has 98 valence electrons. The maximum Gasteiger partial charge on any atom is 0.337 e. The van der Waals surface area contributed by atoms with Gasteiger partial charge in [-0.1, -0.05) is 0 Å². The van der Waals surface area contributed by atoms with Crippen molar-refractivity contribution in [2.45, 2.75) is 5.03 Å². The van der Waals surface area contributed by atoms with Gasteiger partial charge in [-0.05, 0) is 30.5 Å². The van der Waals surface area contributed by atoms with Crippen LogP contribution in [0.5, 0.6) is 11.6 Å². The summed E-state index contributed by atoms with van der Waals surface area (Å²) in [6.07, 6.45) is 3.38. The second kappa shape index (κ2) is 6.19. The smallest absolute Gasteiger partial charge is 0.337 e. The normalized spacial score (nSPS) is 10.0. The molecular weight excluding hydrogens is 264 g/mol. The first-order valence-electron chi connectivity index (χ1n) is 5.45. The summed E-state index contributed by atoms with van der Waals surface area (Å²) in [7, 11) is 1.34. The third-order valence-electron chi connectivity index (χ3n) is 2.32. The molecule has 0 N–H and O–H groups in total. The van der Waals surface area contributed by atoms with Crippen molar-refractivity contribution < 1.29 is 14.3 Å². The highest BCUT2D eigenvalue weighted by Gasteiger charge is 2.06. The van der Waals surface area contributed by atoms with Crippen molar-refractivity contribution >= 4 is 17.7 Å². The van der Waals surface area contributed by atoms with Crippen LogP contribution in [0.2, 0.25) is 0 Å². The number of hydrogen-bond acceptors (Lipinski definition) is 6. The van der Waals surface area contributed by atoms with Crippen molar-refractivity contribution in [3.63, 3.8) is 0 Å². The lowest BCUT2D eigenvalue weighted by Gasteiger charge is -2.05. The molecule has 0 saturated carbocycles. The quantitative estimate of drug-likeness (QED) is 0.486. The van der Waals surface area contributed by atoms with Crippen LogP contribution in [0, 0.1) is 0 Å². The van der Waals surface area contributed by atoms with Crippen LogP contribution in [0.4, 0.5) is 0 Å². The Morgan fingerprint density at radius 2 is 1.95 bits per heavy atom. The Morgan fingerprint density at radius 3 is 2.58 bits per heavy atom. The number of carbonyl (C=O) groups excluding carboxylic acids is 1. The van der Waals surface area contributed by atoms with Crippen LogP contribution in [0.25, 0.3) is 0 Å². The topological polar surface area (TPSA) is 61.3 Å². The summed E-state index contributed by atoms with van der Waals surface area (Å²) in [5, 5.41) is 0.830. The van der Waals surface area contributed by atoms with Gasteiger partial charge in [-0.15, -0.1) is 11.8 Å². The number of carbonyl (C=O) groups is 1. The Balaban J connectivity index is 2.12. The monoisotopic (exact) mass is 276 g/mol. The van der Waals surface area contributed by atoms with E-state index < -0.39 is 0 Å². The summed E-state index contributed by atoms with van der Waals surface area (Å²) < 4.78 is 10.2. The molecule has 5 nitrogen and oxygen atoms in total. The average Bonchev–Trinajstić information content (AvgIpc) is 2.47. The zero-order valence-electron chi connectivity index (χ0n) is 10.5. The molecule has 6 heteroatoms. The molecule has 19 heavy (non-hydrogen) atoms. The minimum atomic E-state index is -0.377. The van der Waals surface area contributed by atoms with Gasteiger partial charge in [0.1, 0.15) is 17.1 Å². The predicted molar refractivity (Wildman–Crippen MR) is 71.7 cm³/mol. The summed E-state index contributed by atoms with van der Waals surface area (Å²) in [5.74, 6) is 0.682. The zero-order valence-corrected chi connectivity index (χ0v) is 11.3. The van der Waals surface area contributed by atoms with Crippen molar-refractivity contribution in [3.05, 3.63) is 42.2 Å². The van der Waals surface area contributed by atoms with Crippen LogP contribution in [-0.2, 0) is 4.74 Å². The van der Waals surface area contributed by atoms with Crippen LogP contribution in [0.15, 0.2) is 41.7 Å². The average molecular weight is 276 g/mol. The first-order chi connectivity index (χ1) is 9.22. The van der Waals surface area contributed by atoms with Crippen molar-refractivity contribution in [3.8, 4) is 11.6 Å². The Labute approximate surface area is 115 Å². The molecule has 1 aromatic heterocycles. The number of methoxy groups -OCH3 is 1. The van der Waals surface area contributed by atoms with Crippen LogP contribution in [-0.4, -0.2) is 29.3 Å². The Morgan fingerprint density at radius 1 is 1.21 bits per heavy atom. The van der Waals surface area contributed by atoms with E-state index >= 15 is 0 Å². The second-order valence-electron chi connectivity index (χ2n) is 3.52. The number of benzene rings is 1. The van der Waals surface area contributed by atoms with Gasteiger partial charge < -0.3 is 9.47 Å². The maximum absolute atomic E-state index is 11.3. The van der Waals surface area contributed by atoms with Gasteiger partial charge in [0.05, 0.1) is 12.7 Å². The highest BCUT2D eigenvalue weighted by atomic mass is 32.2. The van der Waals surface area contributed by atoms with Gasteiger partial charge in [0.2, 0.25) is 5.88 Å². The van der Waals surface area contributed by atoms with E-state index in [0.29, 0.717) is 17.2 Å². The van der Waals surface area contributed by atoms with E-state index in [0.717, 1.165) is 5.03 Å². The fraction of sp³-hybridized carbons (Fsp3) is 0.154. The molecule has 0 spiro atoms. The van der Waals surface area contributed by atoms with Gasteiger partial charge in [0, 0.05) is 6.07 Å². The van der Waals surface area contributed by atoms with Crippen LogP contribution in [0.1, 0.15) is 10.4 Å². The van der Waals surface area contributed by atoms with Crippen LogP contribution in [0.3, 0.4) is 0 Å². The highest BCUT2D eigenvalue weighted by molar-refractivity contribution is 7.98. The standard InChI is InChI=1S/C13H12N2O3S/c1-17-13(16)9-3-5-10(6-4-9)18-11-7-12(19-2)15-8-14-11/h3-8H,1-2H3.